The fraction of sp³-hybridized carbons (Fsp3) is 0.174. The van der Waals surface area contributed by atoms with Crippen LogP contribution in [-0.2, 0) is 21.4 Å². The molecular weight excluding hydrogens is 462 g/mol. The fourth-order valence-electron chi connectivity index (χ4n) is 3.28. The summed E-state index contributed by atoms with van der Waals surface area (Å²) in [5, 5.41) is 0.546. The Bertz CT molecular complexity index is 1490. The standard InChI is InChI=1S/C23H21N3O5S2/c1-14-15(2)32-22-20(14)21(27)24-19(25-22)13-31-23(28)16-9-11-18(12-10-16)33(29,30)26(3)17-7-5-4-6-8-17/h4-12H,13H2,1-3H3,(H,24,25,27). The average Bonchev–Trinajstić information content (AvgIpc) is 3.11. The number of anilines is 1. The molecule has 1 N–H and O–H groups in total. The van der Waals surface area contributed by atoms with Crippen molar-refractivity contribution in [1.29, 1.82) is 0 Å². The molecule has 0 amide bonds. The third-order valence-corrected chi connectivity index (χ3v) is 8.20. The van der Waals surface area contributed by atoms with E-state index in [4.69, 9.17) is 4.74 Å². The topological polar surface area (TPSA) is 109 Å². The molecule has 4 aromatic rings. The van der Waals surface area contributed by atoms with Crippen LogP contribution >= 0.6 is 11.3 Å². The minimum Gasteiger partial charge on any atom is -0.454 e. The number of hydrogen-bond donors (Lipinski definition) is 1. The Morgan fingerprint density at radius 2 is 1.76 bits per heavy atom. The Labute approximate surface area is 194 Å². The van der Waals surface area contributed by atoms with Crippen molar-refractivity contribution < 1.29 is 17.9 Å². The van der Waals surface area contributed by atoms with Gasteiger partial charge in [0.2, 0.25) is 0 Å². The Balaban J connectivity index is 1.48. The maximum atomic E-state index is 12.9. The molecule has 0 unspecified atom stereocenters. The predicted molar refractivity (Wildman–Crippen MR) is 127 cm³/mol. The van der Waals surface area contributed by atoms with Gasteiger partial charge in [-0.15, -0.1) is 11.3 Å². The lowest BCUT2D eigenvalue weighted by atomic mass is 10.2. The smallest absolute Gasteiger partial charge is 0.338 e. The maximum absolute atomic E-state index is 12.9. The van der Waals surface area contributed by atoms with Gasteiger partial charge in [-0.1, -0.05) is 18.2 Å². The molecule has 0 saturated heterocycles. The number of ether oxygens (including phenoxy) is 1. The molecule has 2 aromatic heterocycles. The zero-order valence-corrected chi connectivity index (χ0v) is 19.8. The minimum absolute atomic E-state index is 0.0466. The van der Waals surface area contributed by atoms with Gasteiger partial charge in [0.15, 0.2) is 0 Å². The van der Waals surface area contributed by atoms with Crippen molar-refractivity contribution in [1.82, 2.24) is 9.97 Å². The van der Waals surface area contributed by atoms with Gasteiger partial charge in [0.05, 0.1) is 21.5 Å². The number of para-hydroxylation sites is 1. The van der Waals surface area contributed by atoms with Crippen LogP contribution in [0.2, 0.25) is 0 Å². The van der Waals surface area contributed by atoms with Gasteiger partial charge >= 0.3 is 5.97 Å². The lowest BCUT2D eigenvalue weighted by Gasteiger charge is -2.19. The number of H-pyrrole nitrogens is 1. The third-order valence-electron chi connectivity index (χ3n) is 5.30. The Morgan fingerprint density at radius 1 is 1.09 bits per heavy atom. The average molecular weight is 484 g/mol. The third kappa shape index (κ3) is 4.39. The van der Waals surface area contributed by atoms with Gasteiger partial charge in [0, 0.05) is 11.9 Å². The molecule has 2 aromatic carbocycles. The summed E-state index contributed by atoms with van der Waals surface area (Å²) in [7, 11) is -2.32. The van der Waals surface area contributed by atoms with Gasteiger partial charge in [-0.05, 0) is 55.8 Å². The van der Waals surface area contributed by atoms with E-state index in [9.17, 15) is 18.0 Å². The Kier molecular flexibility index (Phi) is 6.05. The lowest BCUT2D eigenvalue weighted by Crippen LogP contribution is -2.26. The Hall–Kier alpha value is -3.50. The van der Waals surface area contributed by atoms with Crippen LogP contribution < -0.4 is 9.86 Å². The molecule has 2 heterocycles. The second kappa shape index (κ2) is 8.80. The largest absolute Gasteiger partial charge is 0.454 e. The number of hydrogen-bond acceptors (Lipinski definition) is 7. The first-order chi connectivity index (χ1) is 15.7. The Morgan fingerprint density at radius 3 is 2.42 bits per heavy atom. The summed E-state index contributed by atoms with van der Waals surface area (Å²) in [5.41, 5.74) is 1.32. The highest BCUT2D eigenvalue weighted by Crippen LogP contribution is 2.26. The highest BCUT2D eigenvalue weighted by molar-refractivity contribution is 7.92. The van der Waals surface area contributed by atoms with Crippen LogP contribution in [0.4, 0.5) is 5.69 Å². The summed E-state index contributed by atoms with van der Waals surface area (Å²) in [4.78, 5) is 33.5. The van der Waals surface area contributed by atoms with E-state index in [1.165, 1.54) is 47.0 Å². The van der Waals surface area contributed by atoms with E-state index in [1.807, 2.05) is 13.8 Å². The zero-order chi connectivity index (χ0) is 23.8. The summed E-state index contributed by atoms with van der Waals surface area (Å²) < 4.78 is 32.2. The number of carbonyl (C=O) groups is 1. The second-order valence-electron chi connectivity index (χ2n) is 7.38. The first-order valence-electron chi connectivity index (χ1n) is 9.98. The van der Waals surface area contributed by atoms with Gasteiger partial charge in [-0.2, -0.15) is 0 Å². The molecule has 0 radical (unpaired) electrons. The summed E-state index contributed by atoms with van der Waals surface area (Å²) in [5.74, 6) is -0.414. The SMILES string of the molecule is Cc1sc2nc(COC(=O)c3ccc(S(=O)(=O)N(C)c4ccccc4)cc3)[nH]c(=O)c2c1C. The second-order valence-corrected chi connectivity index (χ2v) is 10.6. The van der Waals surface area contributed by atoms with E-state index in [2.05, 4.69) is 9.97 Å². The van der Waals surface area contributed by atoms with Crippen molar-refractivity contribution in [2.45, 2.75) is 25.3 Å². The van der Waals surface area contributed by atoms with Gasteiger partial charge < -0.3 is 9.72 Å². The number of nitrogens with zero attached hydrogens (tertiary/aromatic N) is 2. The first kappa shape index (κ1) is 22.7. The van der Waals surface area contributed by atoms with Crippen LogP contribution in [0, 0.1) is 13.8 Å². The van der Waals surface area contributed by atoms with Crippen LogP contribution in [0.15, 0.2) is 64.3 Å². The normalized spacial score (nSPS) is 11.5. The van der Waals surface area contributed by atoms with Gasteiger partial charge in [0.25, 0.3) is 15.6 Å². The number of benzene rings is 2. The van der Waals surface area contributed by atoms with Gasteiger partial charge in [-0.3, -0.25) is 9.10 Å². The molecule has 0 aliphatic rings. The van der Waals surface area contributed by atoms with Crippen molar-refractivity contribution in [3.05, 3.63) is 86.8 Å². The zero-order valence-electron chi connectivity index (χ0n) is 18.2. The van der Waals surface area contributed by atoms with Crippen LogP contribution in [0.25, 0.3) is 10.2 Å². The molecule has 33 heavy (non-hydrogen) atoms. The highest BCUT2D eigenvalue weighted by atomic mass is 32.2. The van der Waals surface area contributed by atoms with Crippen LogP contribution in [0.5, 0.6) is 0 Å². The molecule has 0 aliphatic heterocycles. The number of nitrogens with one attached hydrogen (secondary N) is 1. The molecule has 0 saturated carbocycles. The molecular formula is C23H21N3O5S2. The van der Waals surface area contributed by atoms with E-state index < -0.39 is 16.0 Å². The lowest BCUT2D eigenvalue weighted by molar-refractivity contribution is 0.0462. The summed E-state index contributed by atoms with van der Waals surface area (Å²) in [6.45, 7) is 3.57. The number of aromatic amines is 1. The molecule has 170 valence electrons. The molecule has 0 aliphatic carbocycles. The quantitative estimate of drug-likeness (QED) is 0.418. The molecule has 8 nitrogen and oxygen atoms in total. The van der Waals surface area contributed by atoms with E-state index in [0.29, 0.717) is 15.9 Å². The van der Waals surface area contributed by atoms with Crippen molar-refractivity contribution in [3.63, 3.8) is 0 Å². The van der Waals surface area contributed by atoms with E-state index in [1.54, 1.807) is 30.3 Å². The molecule has 4 rings (SSSR count). The van der Waals surface area contributed by atoms with Crippen molar-refractivity contribution >= 4 is 43.2 Å². The number of rotatable bonds is 6. The number of esters is 1. The van der Waals surface area contributed by atoms with Gasteiger partial charge in [-0.25, -0.2) is 18.2 Å². The summed E-state index contributed by atoms with van der Waals surface area (Å²) in [6.07, 6.45) is 0. The number of sulfonamides is 1. The number of thiophene rings is 1. The predicted octanol–water partition coefficient (Wildman–Crippen LogP) is 3.78. The highest BCUT2D eigenvalue weighted by Gasteiger charge is 2.22. The van der Waals surface area contributed by atoms with Crippen molar-refractivity contribution in [2.75, 3.05) is 11.4 Å². The number of carbonyl (C=O) groups excluding carboxylic acids is 1. The minimum atomic E-state index is -3.78. The monoisotopic (exact) mass is 483 g/mol. The first-order valence-corrected chi connectivity index (χ1v) is 12.2. The molecule has 10 heteroatoms. The molecule has 0 atom stereocenters. The number of aromatic nitrogens is 2. The van der Waals surface area contributed by atoms with Crippen LogP contribution in [0.1, 0.15) is 26.6 Å². The maximum Gasteiger partial charge on any atom is 0.338 e. The molecule has 0 spiro atoms. The van der Waals surface area contributed by atoms with E-state index in [-0.39, 0.29) is 28.4 Å². The van der Waals surface area contributed by atoms with Crippen LogP contribution in [-0.4, -0.2) is 31.4 Å². The van der Waals surface area contributed by atoms with E-state index >= 15 is 0 Å². The van der Waals surface area contributed by atoms with Crippen molar-refractivity contribution in [3.8, 4) is 0 Å². The molecule has 0 fully saturated rings. The van der Waals surface area contributed by atoms with Crippen molar-refractivity contribution in [2.24, 2.45) is 0 Å². The number of aryl methyl sites for hydroxylation is 2. The molecule has 0 bridgehead atoms. The summed E-state index contributed by atoms with van der Waals surface area (Å²) >= 11 is 1.41. The van der Waals surface area contributed by atoms with Crippen LogP contribution in [0.3, 0.4) is 0 Å². The number of fused-ring (bicyclic) bond motifs is 1. The van der Waals surface area contributed by atoms with Gasteiger partial charge in [0.1, 0.15) is 17.3 Å². The fourth-order valence-corrected chi connectivity index (χ4v) is 5.53. The summed E-state index contributed by atoms with van der Waals surface area (Å²) in [6, 6.07) is 14.2. The van der Waals surface area contributed by atoms with E-state index in [0.717, 1.165) is 10.4 Å².